The molecule has 7 heteroatoms. The van der Waals surface area contributed by atoms with E-state index in [4.69, 9.17) is 9.47 Å². The van der Waals surface area contributed by atoms with Crippen molar-refractivity contribution in [3.8, 4) is 5.75 Å². The largest absolute Gasteiger partial charge is 0.496 e. The number of amides is 2. The van der Waals surface area contributed by atoms with Gasteiger partial charge in [0.05, 0.1) is 25.6 Å². The lowest BCUT2D eigenvalue weighted by Gasteiger charge is -2.33. The van der Waals surface area contributed by atoms with Crippen LogP contribution in [0.2, 0.25) is 0 Å². The van der Waals surface area contributed by atoms with Gasteiger partial charge in [0.2, 0.25) is 11.8 Å². The number of carbonyl (C=O) groups excluding carboxylic acids is 3. The van der Waals surface area contributed by atoms with Crippen molar-refractivity contribution in [1.82, 2.24) is 10.2 Å². The summed E-state index contributed by atoms with van der Waals surface area (Å²) in [5, 5.41) is 3.40. The number of carbonyl (C=O) groups is 3. The third-order valence-corrected chi connectivity index (χ3v) is 6.10. The third-order valence-electron chi connectivity index (χ3n) is 6.10. The minimum Gasteiger partial charge on any atom is -0.496 e. The van der Waals surface area contributed by atoms with E-state index >= 15 is 0 Å². The first-order valence-electron chi connectivity index (χ1n) is 10.4. The fourth-order valence-corrected chi connectivity index (χ4v) is 4.80. The minimum absolute atomic E-state index is 0.213. The molecule has 0 bridgehead atoms. The van der Waals surface area contributed by atoms with Crippen molar-refractivity contribution in [1.29, 1.82) is 0 Å². The summed E-state index contributed by atoms with van der Waals surface area (Å²) in [4.78, 5) is 41.0. The van der Waals surface area contributed by atoms with E-state index in [2.05, 4.69) is 5.32 Å². The summed E-state index contributed by atoms with van der Waals surface area (Å²) in [5.41, 5.74) is -0.453. The number of esters is 1. The SMILES string of the molecule is CCCC[C@@]1(C(=O)OCC)N[C@@H](c2ccccc2OC)[C@H]2C(=O)N(CC)C(=O)[C@@H]21. The van der Waals surface area contributed by atoms with Gasteiger partial charge in [0.25, 0.3) is 0 Å². The predicted molar refractivity (Wildman–Crippen MR) is 107 cm³/mol. The highest BCUT2D eigenvalue weighted by molar-refractivity contribution is 6.09. The number of rotatable bonds is 8. The highest BCUT2D eigenvalue weighted by Crippen LogP contribution is 2.52. The molecule has 4 atom stereocenters. The van der Waals surface area contributed by atoms with Gasteiger partial charge < -0.3 is 9.47 Å². The van der Waals surface area contributed by atoms with E-state index in [1.54, 1.807) is 21.0 Å². The molecule has 2 aliphatic rings. The fourth-order valence-electron chi connectivity index (χ4n) is 4.80. The number of unbranched alkanes of at least 4 members (excludes halogenated alkanes) is 1. The molecule has 158 valence electrons. The Labute approximate surface area is 171 Å². The van der Waals surface area contributed by atoms with Crippen LogP contribution in [0.15, 0.2) is 24.3 Å². The third kappa shape index (κ3) is 3.31. The average molecular weight is 402 g/mol. The highest BCUT2D eigenvalue weighted by Gasteiger charge is 2.68. The van der Waals surface area contributed by atoms with Gasteiger partial charge in [0, 0.05) is 18.2 Å². The molecule has 2 saturated heterocycles. The normalized spacial score (nSPS) is 28.6. The van der Waals surface area contributed by atoms with Gasteiger partial charge in [-0.3, -0.25) is 24.6 Å². The second-order valence-electron chi connectivity index (χ2n) is 7.58. The van der Waals surface area contributed by atoms with E-state index in [1.165, 1.54) is 4.90 Å². The van der Waals surface area contributed by atoms with Crippen LogP contribution in [-0.4, -0.2) is 48.5 Å². The van der Waals surface area contributed by atoms with Gasteiger partial charge in [-0.05, 0) is 26.3 Å². The van der Waals surface area contributed by atoms with Crippen LogP contribution in [0, 0.1) is 11.8 Å². The standard InChI is InChI=1S/C22H30N2O5/c1-5-8-13-22(21(27)29-7-3)17-16(19(25)24(6-2)20(17)26)18(23-22)14-11-9-10-12-15(14)28-4/h9-12,16-18,23H,5-8,13H2,1-4H3/t16-,17+,18-,22+/m0/s1. The van der Waals surface area contributed by atoms with Crippen LogP contribution < -0.4 is 10.1 Å². The van der Waals surface area contributed by atoms with Crippen molar-refractivity contribution in [2.75, 3.05) is 20.3 Å². The van der Waals surface area contributed by atoms with Crippen molar-refractivity contribution in [2.45, 2.75) is 51.6 Å². The molecule has 2 fully saturated rings. The number of imide groups is 1. The zero-order chi connectivity index (χ0) is 21.2. The monoisotopic (exact) mass is 402 g/mol. The topological polar surface area (TPSA) is 84.9 Å². The number of para-hydroxylation sites is 1. The number of benzene rings is 1. The molecule has 0 aromatic heterocycles. The Balaban J connectivity index is 2.16. The Hall–Kier alpha value is -2.41. The lowest BCUT2D eigenvalue weighted by molar-refractivity contribution is -0.156. The average Bonchev–Trinajstić information content (AvgIpc) is 3.20. The van der Waals surface area contributed by atoms with Crippen molar-refractivity contribution in [3.63, 3.8) is 0 Å². The van der Waals surface area contributed by atoms with Gasteiger partial charge in [-0.25, -0.2) is 0 Å². The summed E-state index contributed by atoms with van der Waals surface area (Å²) in [6.45, 7) is 6.06. The van der Waals surface area contributed by atoms with Crippen LogP contribution in [0.3, 0.4) is 0 Å². The molecule has 0 spiro atoms. The van der Waals surface area contributed by atoms with Gasteiger partial charge in [0.15, 0.2) is 0 Å². The molecule has 0 saturated carbocycles. The molecule has 7 nitrogen and oxygen atoms in total. The Bertz CT molecular complexity index is 795. The van der Waals surface area contributed by atoms with Crippen molar-refractivity contribution in [2.24, 2.45) is 11.8 Å². The second-order valence-corrected chi connectivity index (χ2v) is 7.58. The number of hydrogen-bond acceptors (Lipinski definition) is 6. The zero-order valence-corrected chi connectivity index (χ0v) is 17.6. The number of fused-ring (bicyclic) bond motifs is 1. The number of ether oxygens (including phenoxy) is 2. The molecule has 0 unspecified atom stereocenters. The maximum absolute atomic E-state index is 13.3. The predicted octanol–water partition coefficient (Wildman–Crippen LogP) is 2.45. The number of likely N-dealkylation sites (tertiary alicyclic amines) is 1. The van der Waals surface area contributed by atoms with Crippen LogP contribution >= 0.6 is 0 Å². The molecule has 1 aromatic rings. The van der Waals surface area contributed by atoms with E-state index in [0.29, 0.717) is 12.2 Å². The van der Waals surface area contributed by atoms with Crippen molar-refractivity contribution >= 4 is 17.8 Å². The van der Waals surface area contributed by atoms with Crippen LogP contribution in [0.5, 0.6) is 5.75 Å². The van der Waals surface area contributed by atoms with Gasteiger partial charge >= 0.3 is 5.97 Å². The van der Waals surface area contributed by atoms with Crippen LogP contribution in [0.4, 0.5) is 0 Å². The lowest BCUT2D eigenvalue weighted by Crippen LogP contribution is -2.56. The molecule has 29 heavy (non-hydrogen) atoms. The summed E-state index contributed by atoms with van der Waals surface area (Å²) >= 11 is 0. The smallest absolute Gasteiger partial charge is 0.327 e. The fraction of sp³-hybridized carbons (Fsp3) is 0.591. The Morgan fingerprint density at radius 3 is 2.52 bits per heavy atom. The molecule has 1 aromatic carbocycles. The molecule has 2 heterocycles. The lowest BCUT2D eigenvalue weighted by atomic mass is 9.76. The number of nitrogens with zero attached hydrogens (tertiary/aromatic N) is 1. The maximum Gasteiger partial charge on any atom is 0.327 e. The maximum atomic E-state index is 13.3. The first-order chi connectivity index (χ1) is 14.0. The van der Waals surface area contributed by atoms with Gasteiger partial charge in [-0.15, -0.1) is 0 Å². The first kappa shape index (κ1) is 21.3. The van der Waals surface area contributed by atoms with E-state index in [-0.39, 0.29) is 25.0 Å². The Kier molecular flexibility index (Phi) is 6.27. The van der Waals surface area contributed by atoms with E-state index in [9.17, 15) is 14.4 Å². The van der Waals surface area contributed by atoms with E-state index < -0.39 is 29.4 Å². The summed E-state index contributed by atoms with van der Waals surface area (Å²) in [6, 6.07) is 6.90. The Morgan fingerprint density at radius 2 is 1.90 bits per heavy atom. The zero-order valence-electron chi connectivity index (χ0n) is 17.6. The number of hydrogen-bond donors (Lipinski definition) is 1. The second kappa shape index (κ2) is 8.53. The van der Waals surface area contributed by atoms with Gasteiger partial charge in [-0.2, -0.15) is 0 Å². The summed E-state index contributed by atoms with van der Waals surface area (Å²) in [6.07, 6.45) is 2.03. The molecule has 0 radical (unpaired) electrons. The van der Waals surface area contributed by atoms with Crippen LogP contribution in [0.1, 0.15) is 51.6 Å². The minimum atomic E-state index is -1.22. The summed E-state index contributed by atoms with van der Waals surface area (Å²) in [7, 11) is 1.57. The highest BCUT2D eigenvalue weighted by atomic mass is 16.5. The molecule has 3 rings (SSSR count). The molecular weight excluding hydrogens is 372 g/mol. The molecular formula is C22H30N2O5. The van der Waals surface area contributed by atoms with E-state index in [1.807, 2.05) is 31.2 Å². The quantitative estimate of drug-likeness (QED) is 0.531. The van der Waals surface area contributed by atoms with E-state index in [0.717, 1.165) is 18.4 Å². The molecule has 0 aliphatic carbocycles. The number of methoxy groups -OCH3 is 1. The molecule has 1 N–H and O–H groups in total. The van der Waals surface area contributed by atoms with Gasteiger partial charge in [0.1, 0.15) is 11.3 Å². The first-order valence-corrected chi connectivity index (χ1v) is 10.4. The van der Waals surface area contributed by atoms with Crippen molar-refractivity contribution < 1.29 is 23.9 Å². The van der Waals surface area contributed by atoms with Crippen LogP contribution in [0.25, 0.3) is 0 Å². The molecule has 2 aliphatic heterocycles. The van der Waals surface area contributed by atoms with Crippen LogP contribution in [-0.2, 0) is 19.1 Å². The molecule has 2 amide bonds. The van der Waals surface area contributed by atoms with Gasteiger partial charge in [-0.1, -0.05) is 38.0 Å². The van der Waals surface area contributed by atoms with Crippen molar-refractivity contribution in [3.05, 3.63) is 29.8 Å². The summed E-state index contributed by atoms with van der Waals surface area (Å²) < 4.78 is 10.9. The number of nitrogens with one attached hydrogen (secondary N) is 1. The Morgan fingerprint density at radius 1 is 1.17 bits per heavy atom. The summed E-state index contributed by atoms with van der Waals surface area (Å²) in [5.74, 6) is -1.82.